The van der Waals surface area contributed by atoms with Crippen LogP contribution in [0.15, 0.2) is 12.1 Å². The molecule has 1 atom stereocenters. The first-order valence-electron chi connectivity index (χ1n) is 6.41. The van der Waals surface area contributed by atoms with Crippen LogP contribution in [0, 0.1) is 17.5 Å². The van der Waals surface area contributed by atoms with Crippen LogP contribution in [0.2, 0.25) is 0 Å². The van der Waals surface area contributed by atoms with Crippen LogP contribution in [0.5, 0.6) is 0 Å². The number of carbonyl (C=O) groups is 1. The molecule has 1 saturated heterocycles. The zero-order valence-electron chi connectivity index (χ0n) is 11.3. The molecule has 1 unspecified atom stereocenters. The molecule has 2 rings (SSSR count). The summed E-state index contributed by atoms with van der Waals surface area (Å²) in [6, 6.07) is 0.965. The van der Waals surface area contributed by atoms with Crippen molar-refractivity contribution in [2.75, 3.05) is 18.1 Å². The molecule has 0 saturated carbocycles. The van der Waals surface area contributed by atoms with E-state index in [2.05, 4.69) is 0 Å². The SMILES string of the molecule is CCN(C(=O)c1ccc(F)c(F)c1F)C1CCS(=O)(=O)C1. The Kier molecular flexibility index (Phi) is 4.27. The van der Waals surface area contributed by atoms with Gasteiger partial charge in [-0.05, 0) is 25.5 Å². The highest BCUT2D eigenvalue weighted by Crippen LogP contribution is 2.22. The molecule has 1 aliphatic rings. The molecular weight excluding hydrogens is 307 g/mol. The number of hydrogen-bond donors (Lipinski definition) is 0. The molecule has 116 valence electrons. The maximum atomic E-state index is 13.7. The predicted octanol–water partition coefficient (Wildman–Crippen LogP) is 1.75. The maximum Gasteiger partial charge on any atom is 0.257 e. The van der Waals surface area contributed by atoms with E-state index in [1.165, 1.54) is 4.90 Å². The van der Waals surface area contributed by atoms with E-state index >= 15 is 0 Å². The minimum atomic E-state index is -3.21. The van der Waals surface area contributed by atoms with E-state index in [0.29, 0.717) is 6.07 Å². The summed E-state index contributed by atoms with van der Waals surface area (Å²) in [5.74, 6) is -5.72. The van der Waals surface area contributed by atoms with Crippen molar-refractivity contribution in [1.82, 2.24) is 4.90 Å². The first-order chi connectivity index (χ1) is 9.76. The molecular formula is C13H14F3NO3S. The lowest BCUT2D eigenvalue weighted by Crippen LogP contribution is -2.41. The van der Waals surface area contributed by atoms with Crippen molar-refractivity contribution in [1.29, 1.82) is 0 Å². The van der Waals surface area contributed by atoms with Gasteiger partial charge in [0.25, 0.3) is 5.91 Å². The summed E-state index contributed by atoms with van der Waals surface area (Å²) in [7, 11) is -3.21. The van der Waals surface area contributed by atoms with E-state index in [1.54, 1.807) is 6.92 Å². The summed E-state index contributed by atoms with van der Waals surface area (Å²) in [4.78, 5) is 13.4. The molecule has 0 aliphatic carbocycles. The van der Waals surface area contributed by atoms with E-state index in [4.69, 9.17) is 0 Å². The van der Waals surface area contributed by atoms with Gasteiger partial charge in [0, 0.05) is 12.6 Å². The van der Waals surface area contributed by atoms with Crippen LogP contribution < -0.4 is 0 Å². The monoisotopic (exact) mass is 321 g/mol. The van der Waals surface area contributed by atoms with Crippen LogP contribution in [-0.2, 0) is 9.84 Å². The Bertz CT molecular complexity index is 675. The van der Waals surface area contributed by atoms with E-state index in [-0.39, 0.29) is 24.5 Å². The molecule has 4 nitrogen and oxygen atoms in total. The fourth-order valence-electron chi connectivity index (χ4n) is 2.43. The van der Waals surface area contributed by atoms with Crippen LogP contribution in [0.1, 0.15) is 23.7 Å². The number of halogens is 3. The molecule has 8 heteroatoms. The minimum Gasteiger partial charge on any atom is -0.335 e. The maximum absolute atomic E-state index is 13.7. The summed E-state index contributed by atoms with van der Waals surface area (Å²) in [6.45, 7) is 1.76. The largest absolute Gasteiger partial charge is 0.335 e. The van der Waals surface area contributed by atoms with E-state index in [9.17, 15) is 26.4 Å². The second kappa shape index (κ2) is 5.67. The standard InChI is InChI=1S/C13H14F3NO3S/c1-2-17(8-5-6-21(19,20)7-8)13(18)9-3-4-10(14)12(16)11(9)15/h3-4,8H,2,5-7H2,1H3. The van der Waals surface area contributed by atoms with Crippen molar-refractivity contribution >= 4 is 15.7 Å². The molecule has 0 N–H and O–H groups in total. The third kappa shape index (κ3) is 3.04. The molecule has 1 fully saturated rings. The van der Waals surface area contributed by atoms with Crippen molar-refractivity contribution in [2.24, 2.45) is 0 Å². The fraction of sp³-hybridized carbons (Fsp3) is 0.462. The van der Waals surface area contributed by atoms with Crippen LogP contribution in [0.4, 0.5) is 13.2 Å². The van der Waals surface area contributed by atoms with Crippen molar-refractivity contribution in [3.05, 3.63) is 35.1 Å². The number of amides is 1. The second-order valence-corrected chi connectivity index (χ2v) is 7.10. The van der Waals surface area contributed by atoms with Gasteiger partial charge < -0.3 is 4.90 Å². The molecule has 21 heavy (non-hydrogen) atoms. The highest BCUT2D eigenvalue weighted by Gasteiger charge is 2.35. The highest BCUT2D eigenvalue weighted by molar-refractivity contribution is 7.91. The molecule has 0 spiro atoms. The van der Waals surface area contributed by atoms with Gasteiger partial charge in [0.2, 0.25) is 0 Å². The zero-order chi connectivity index (χ0) is 15.8. The Morgan fingerprint density at radius 3 is 2.48 bits per heavy atom. The molecule has 1 aliphatic heterocycles. The topological polar surface area (TPSA) is 54.5 Å². The Hall–Kier alpha value is -1.57. The van der Waals surface area contributed by atoms with Gasteiger partial charge in [0.1, 0.15) is 0 Å². The normalized spacial score (nSPS) is 20.5. The van der Waals surface area contributed by atoms with Crippen molar-refractivity contribution < 1.29 is 26.4 Å². The van der Waals surface area contributed by atoms with E-state index in [1.807, 2.05) is 0 Å². The van der Waals surface area contributed by atoms with Gasteiger partial charge in [0.15, 0.2) is 27.3 Å². The van der Waals surface area contributed by atoms with Crippen molar-refractivity contribution in [3.8, 4) is 0 Å². The average molecular weight is 321 g/mol. The average Bonchev–Trinajstić information content (AvgIpc) is 2.77. The van der Waals surface area contributed by atoms with Gasteiger partial charge in [0.05, 0.1) is 17.1 Å². The summed E-state index contributed by atoms with van der Waals surface area (Å²) < 4.78 is 62.7. The third-order valence-electron chi connectivity index (χ3n) is 3.52. The summed E-state index contributed by atoms with van der Waals surface area (Å²) in [6.07, 6.45) is 0.257. The fourth-order valence-corrected chi connectivity index (χ4v) is 4.17. The first-order valence-corrected chi connectivity index (χ1v) is 8.24. The van der Waals surface area contributed by atoms with Gasteiger partial charge in [-0.15, -0.1) is 0 Å². The molecule has 0 radical (unpaired) electrons. The summed E-state index contributed by atoms with van der Waals surface area (Å²) >= 11 is 0. The highest BCUT2D eigenvalue weighted by atomic mass is 32.2. The van der Waals surface area contributed by atoms with Crippen molar-refractivity contribution in [3.63, 3.8) is 0 Å². The van der Waals surface area contributed by atoms with Crippen LogP contribution >= 0.6 is 0 Å². The van der Waals surface area contributed by atoms with Gasteiger partial charge in [-0.25, -0.2) is 21.6 Å². The van der Waals surface area contributed by atoms with Crippen LogP contribution in [0.3, 0.4) is 0 Å². The molecule has 1 heterocycles. The molecule has 1 aromatic rings. The summed E-state index contributed by atoms with van der Waals surface area (Å²) in [5.41, 5.74) is -0.597. The Balaban J connectivity index is 2.32. The van der Waals surface area contributed by atoms with Gasteiger partial charge in [-0.2, -0.15) is 0 Å². The summed E-state index contributed by atoms with van der Waals surface area (Å²) in [5, 5.41) is 0. The number of benzene rings is 1. The van der Waals surface area contributed by atoms with Gasteiger partial charge >= 0.3 is 0 Å². The lowest BCUT2D eigenvalue weighted by atomic mass is 10.1. The van der Waals surface area contributed by atoms with E-state index < -0.39 is 44.8 Å². The third-order valence-corrected chi connectivity index (χ3v) is 5.27. The lowest BCUT2D eigenvalue weighted by Gasteiger charge is -2.27. The van der Waals surface area contributed by atoms with Crippen LogP contribution in [0.25, 0.3) is 0 Å². The zero-order valence-corrected chi connectivity index (χ0v) is 12.1. The number of rotatable bonds is 3. The smallest absolute Gasteiger partial charge is 0.257 e. The lowest BCUT2D eigenvalue weighted by molar-refractivity contribution is 0.0702. The Morgan fingerprint density at radius 1 is 1.29 bits per heavy atom. The van der Waals surface area contributed by atoms with E-state index in [0.717, 1.165) is 6.07 Å². The molecule has 1 aromatic carbocycles. The minimum absolute atomic E-state index is 0.0400. The molecule has 1 amide bonds. The number of hydrogen-bond acceptors (Lipinski definition) is 3. The second-order valence-electron chi connectivity index (χ2n) is 4.87. The predicted molar refractivity (Wildman–Crippen MR) is 70.1 cm³/mol. The molecule has 0 aromatic heterocycles. The number of sulfone groups is 1. The van der Waals surface area contributed by atoms with Crippen molar-refractivity contribution in [2.45, 2.75) is 19.4 Å². The first kappa shape index (κ1) is 15.8. The number of carbonyl (C=O) groups excluding carboxylic acids is 1. The van der Waals surface area contributed by atoms with Gasteiger partial charge in [-0.1, -0.05) is 0 Å². The van der Waals surface area contributed by atoms with Crippen LogP contribution in [-0.4, -0.2) is 43.3 Å². The van der Waals surface area contributed by atoms with Gasteiger partial charge in [-0.3, -0.25) is 4.79 Å². The number of nitrogens with zero attached hydrogens (tertiary/aromatic N) is 1. The molecule has 0 bridgehead atoms. The Labute approximate surface area is 120 Å². The quantitative estimate of drug-likeness (QED) is 0.797. The Morgan fingerprint density at radius 2 is 1.95 bits per heavy atom.